The molecule has 7 heteroatoms. The average Bonchev–Trinajstić information content (AvgIpc) is 3.50. The Morgan fingerprint density at radius 3 is 2.39 bits per heavy atom. The molecule has 2 aliphatic rings. The van der Waals surface area contributed by atoms with Gasteiger partial charge in [-0.3, -0.25) is 0 Å². The Labute approximate surface area is 224 Å². The summed E-state index contributed by atoms with van der Waals surface area (Å²) in [7, 11) is 4.09. The molecule has 1 atom stereocenters. The number of aromatic nitrogens is 3. The topological polar surface area (TPSA) is 58.3 Å². The quantitative estimate of drug-likeness (QED) is 0.369. The molecule has 1 fully saturated rings. The summed E-state index contributed by atoms with van der Waals surface area (Å²) in [6, 6.07) is 23.0. The van der Waals surface area contributed by atoms with E-state index in [9.17, 15) is 4.79 Å². The van der Waals surface area contributed by atoms with E-state index in [2.05, 4.69) is 69.5 Å². The number of fused-ring (bicyclic) bond motifs is 3. The van der Waals surface area contributed by atoms with Gasteiger partial charge in [0.05, 0.1) is 29.7 Å². The van der Waals surface area contributed by atoms with Gasteiger partial charge in [0.25, 0.3) is 0 Å². The number of amides is 2. The van der Waals surface area contributed by atoms with E-state index in [1.54, 1.807) is 0 Å². The van der Waals surface area contributed by atoms with Crippen molar-refractivity contribution >= 4 is 11.7 Å². The zero-order valence-electron chi connectivity index (χ0n) is 22.5. The van der Waals surface area contributed by atoms with Crippen LogP contribution in [0.5, 0.6) is 0 Å². The Balaban J connectivity index is 1.49. The molecule has 1 unspecified atom stereocenters. The highest BCUT2D eigenvalue weighted by Gasteiger charge is 2.36. The lowest BCUT2D eigenvalue weighted by atomic mass is 9.95. The van der Waals surface area contributed by atoms with Gasteiger partial charge in [-0.2, -0.15) is 5.10 Å². The molecule has 0 spiro atoms. The number of rotatable bonds is 4. The first-order chi connectivity index (χ1) is 18.5. The second kappa shape index (κ2) is 10.0. The molecule has 2 amide bonds. The highest BCUT2D eigenvalue weighted by atomic mass is 16.2. The van der Waals surface area contributed by atoms with Gasteiger partial charge < -0.3 is 19.7 Å². The summed E-state index contributed by atoms with van der Waals surface area (Å²) in [6.07, 6.45) is 7.81. The molecule has 1 saturated carbocycles. The van der Waals surface area contributed by atoms with Crippen molar-refractivity contribution in [2.75, 3.05) is 19.0 Å². The Hall–Kier alpha value is -4.00. The maximum atomic E-state index is 14.1. The van der Waals surface area contributed by atoms with Crippen LogP contribution in [0.2, 0.25) is 0 Å². The SMILES string of the molecule is Cc1nn(-c2ccccc2)c2c1CN(C(=O)NC1CCCCC1)C(c1ccc(N(C)C)cc1)c1cccn1-2. The summed E-state index contributed by atoms with van der Waals surface area (Å²) < 4.78 is 4.24. The lowest BCUT2D eigenvalue weighted by Crippen LogP contribution is -2.46. The zero-order valence-corrected chi connectivity index (χ0v) is 22.5. The Bertz CT molecular complexity index is 1410. The third kappa shape index (κ3) is 4.36. The van der Waals surface area contributed by atoms with Gasteiger partial charge in [-0.15, -0.1) is 0 Å². The number of anilines is 1. The van der Waals surface area contributed by atoms with Gasteiger partial charge in [-0.1, -0.05) is 49.6 Å². The molecule has 3 heterocycles. The largest absolute Gasteiger partial charge is 0.378 e. The van der Waals surface area contributed by atoms with Crippen molar-refractivity contribution in [1.82, 2.24) is 24.6 Å². The van der Waals surface area contributed by atoms with Crippen LogP contribution in [0.1, 0.15) is 60.7 Å². The molecule has 6 rings (SSSR count). The van der Waals surface area contributed by atoms with Crippen LogP contribution in [-0.4, -0.2) is 45.4 Å². The monoisotopic (exact) mass is 508 g/mol. The first-order valence-electron chi connectivity index (χ1n) is 13.7. The fraction of sp³-hybridized carbons (Fsp3) is 0.355. The molecular formula is C31H36N6O. The summed E-state index contributed by atoms with van der Waals surface area (Å²) in [4.78, 5) is 18.2. The van der Waals surface area contributed by atoms with Gasteiger partial charge in [-0.25, -0.2) is 9.48 Å². The zero-order chi connectivity index (χ0) is 26.2. The molecule has 1 aliphatic heterocycles. The fourth-order valence-electron chi connectivity index (χ4n) is 5.96. The van der Waals surface area contributed by atoms with E-state index in [0.717, 1.165) is 52.5 Å². The Morgan fingerprint density at radius 2 is 1.68 bits per heavy atom. The van der Waals surface area contributed by atoms with E-state index in [-0.39, 0.29) is 18.1 Å². The summed E-state index contributed by atoms with van der Waals surface area (Å²) in [5.41, 5.74) is 6.28. The summed E-state index contributed by atoms with van der Waals surface area (Å²) in [5.74, 6) is 0.997. The van der Waals surface area contributed by atoms with Gasteiger partial charge in [0.2, 0.25) is 0 Å². The van der Waals surface area contributed by atoms with Crippen molar-refractivity contribution in [1.29, 1.82) is 0 Å². The molecule has 0 radical (unpaired) electrons. The molecule has 1 N–H and O–H groups in total. The second-order valence-corrected chi connectivity index (χ2v) is 10.7. The number of hydrogen-bond acceptors (Lipinski definition) is 3. The number of aryl methyl sites for hydroxylation is 1. The van der Waals surface area contributed by atoms with Crippen molar-refractivity contribution in [3.05, 3.63) is 95.4 Å². The van der Waals surface area contributed by atoms with Crippen LogP contribution in [-0.2, 0) is 6.54 Å². The standard InChI is InChI=1S/C31H36N6O/c1-22-27-21-36(31(38)32-24-11-6-4-7-12-24)29(23-16-18-25(19-17-23)34(2)3)28-15-10-20-35(28)30(27)37(33-22)26-13-8-5-9-14-26/h5,8-10,13-20,24,29H,4,6-7,11-12,21H2,1-3H3,(H,32,38). The van der Waals surface area contributed by atoms with E-state index in [1.807, 2.05) is 48.8 Å². The van der Waals surface area contributed by atoms with Gasteiger partial charge in [-0.05, 0) is 61.7 Å². The van der Waals surface area contributed by atoms with Crippen LogP contribution in [0, 0.1) is 6.92 Å². The molecule has 0 saturated heterocycles. The minimum absolute atomic E-state index is 0.00829. The molecule has 1 aliphatic carbocycles. The highest BCUT2D eigenvalue weighted by molar-refractivity contribution is 5.76. The number of carbonyl (C=O) groups excluding carboxylic acids is 1. The normalized spacial score (nSPS) is 17.4. The van der Waals surface area contributed by atoms with Gasteiger partial charge in [0.15, 0.2) is 0 Å². The minimum atomic E-state index is -0.235. The fourth-order valence-corrected chi connectivity index (χ4v) is 5.96. The number of hydrogen-bond donors (Lipinski definition) is 1. The lowest BCUT2D eigenvalue weighted by molar-refractivity contribution is 0.173. The van der Waals surface area contributed by atoms with Crippen molar-refractivity contribution in [3.63, 3.8) is 0 Å². The van der Waals surface area contributed by atoms with Crippen molar-refractivity contribution < 1.29 is 4.79 Å². The lowest BCUT2D eigenvalue weighted by Gasteiger charge is -2.33. The van der Waals surface area contributed by atoms with Gasteiger partial charge in [0.1, 0.15) is 5.82 Å². The van der Waals surface area contributed by atoms with E-state index >= 15 is 0 Å². The van der Waals surface area contributed by atoms with Crippen LogP contribution in [0.3, 0.4) is 0 Å². The second-order valence-electron chi connectivity index (χ2n) is 10.7. The maximum Gasteiger partial charge on any atom is 0.318 e. The van der Waals surface area contributed by atoms with E-state index in [4.69, 9.17) is 5.10 Å². The van der Waals surface area contributed by atoms with Crippen molar-refractivity contribution in [2.24, 2.45) is 0 Å². The van der Waals surface area contributed by atoms with E-state index < -0.39 is 0 Å². The predicted molar refractivity (Wildman–Crippen MR) is 151 cm³/mol. The molecule has 7 nitrogen and oxygen atoms in total. The number of nitrogens with zero attached hydrogens (tertiary/aromatic N) is 5. The summed E-state index contributed by atoms with van der Waals surface area (Å²) in [6.45, 7) is 2.53. The number of urea groups is 1. The summed E-state index contributed by atoms with van der Waals surface area (Å²) in [5, 5.41) is 8.35. The first-order valence-corrected chi connectivity index (χ1v) is 13.7. The van der Waals surface area contributed by atoms with Crippen LogP contribution < -0.4 is 10.2 Å². The van der Waals surface area contributed by atoms with Crippen LogP contribution in [0.4, 0.5) is 10.5 Å². The van der Waals surface area contributed by atoms with Gasteiger partial charge >= 0.3 is 6.03 Å². The number of para-hydroxylation sites is 1. The van der Waals surface area contributed by atoms with Crippen LogP contribution in [0.25, 0.3) is 11.5 Å². The molecular weight excluding hydrogens is 472 g/mol. The number of benzene rings is 2. The average molecular weight is 509 g/mol. The molecule has 196 valence electrons. The molecule has 0 bridgehead atoms. The number of nitrogens with one attached hydrogen (secondary N) is 1. The summed E-state index contributed by atoms with van der Waals surface area (Å²) >= 11 is 0. The molecule has 2 aromatic carbocycles. The van der Waals surface area contributed by atoms with E-state index in [0.29, 0.717) is 6.54 Å². The highest BCUT2D eigenvalue weighted by Crippen LogP contribution is 2.39. The van der Waals surface area contributed by atoms with Crippen molar-refractivity contribution in [2.45, 2.75) is 57.7 Å². The van der Waals surface area contributed by atoms with Crippen LogP contribution in [0.15, 0.2) is 72.9 Å². The number of carbonyl (C=O) groups is 1. The third-order valence-corrected chi connectivity index (χ3v) is 8.01. The smallest absolute Gasteiger partial charge is 0.318 e. The Kier molecular flexibility index (Phi) is 6.44. The van der Waals surface area contributed by atoms with Crippen molar-refractivity contribution in [3.8, 4) is 11.5 Å². The molecule has 2 aromatic heterocycles. The minimum Gasteiger partial charge on any atom is -0.378 e. The third-order valence-electron chi connectivity index (χ3n) is 8.01. The van der Waals surface area contributed by atoms with E-state index in [1.165, 1.54) is 19.3 Å². The Morgan fingerprint density at radius 1 is 0.947 bits per heavy atom. The predicted octanol–water partition coefficient (Wildman–Crippen LogP) is 5.98. The van der Waals surface area contributed by atoms with Crippen LogP contribution >= 0.6 is 0 Å². The molecule has 38 heavy (non-hydrogen) atoms. The molecule has 4 aromatic rings. The maximum absolute atomic E-state index is 14.1. The first kappa shape index (κ1) is 24.3. The van der Waals surface area contributed by atoms with Gasteiger partial charge in [0, 0.05) is 37.6 Å².